The minimum absolute atomic E-state index is 0.115. The Balaban J connectivity index is 1.38. The van der Waals surface area contributed by atoms with Crippen molar-refractivity contribution in [1.82, 2.24) is 10.0 Å². The van der Waals surface area contributed by atoms with Crippen molar-refractivity contribution in [3.63, 3.8) is 0 Å². The molecule has 1 aliphatic heterocycles. The van der Waals surface area contributed by atoms with Crippen molar-refractivity contribution < 1.29 is 41.0 Å². The summed E-state index contributed by atoms with van der Waals surface area (Å²) in [5, 5.41) is 6.30. The van der Waals surface area contributed by atoms with E-state index in [1.54, 1.807) is 6.92 Å². The topological polar surface area (TPSA) is 201 Å². The quantitative estimate of drug-likeness (QED) is 0.0709. The normalized spacial score (nSPS) is 17.1. The molecule has 2 atom stereocenters. The number of aromatic nitrogens is 2. The van der Waals surface area contributed by atoms with Crippen molar-refractivity contribution in [2.45, 2.75) is 51.7 Å². The fraction of sp³-hybridized carbons (Fsp3) is 0.414. The smallest absolute Gasteiger partial charge is 0.418 e. The molecule has 1 aliphatic rings. The Kier molecular flexibility index (Phi) is 10.5. The van der Waals surface area contributed by atoms with Gasteiger partial charge in [-0.3, -0.25) is 14.1 Å². The van der Waals surface area contributed by atoms with Crippen LogP contribution in [0.15, 0.2) is 53.1 Å². The van der Waals surface area contributed by atoms with Gasteiger partial charge < -0.3 is 21.0 Å². The molecule has 14 nitrogen and oxygen atoms in total. The van der Waals surface area contributed by atoms with Crippen LogP contribution in [0, 0.1) is 5.92 Å². The summed E-state index contributed by atoms with van der Waals surface area (Å²) < 4.78 is 43.5. The summed E-state index contributed by atoms with van der Waals surface area (Å²) in [6.07, 6.45) is 3.01. The molecule has 1 amide bonds. The van der Waals surface area contributed by atoms with Crippen molar-refractivity contribution in [2.24, 2.45) is 23.9 Å². The number of carbonyl (C=O) groups is 2. The van der Waals surface area contributed by atoms with Crippen LogP contribution in [0.4, 0.5) is 5.13 Å². The second kappa shape index (κ2) is 14.0. The lowest BCUT2D eigenvalue weighted by molar-refractivity contribution is -0.678. The Morgan fingerprint density at radius 2 is 1.91 bits per heavy atom. The largest absolute Gasteiger partial charge is 0.490 e. The Morgan fingerprint density at radius 3 is 2.49 bits per heavy atom. The number of β-lactam (4-membered cyclic amide) rings is 1. The van der Waals surface area contributed by atoms with Crippen LogP contribution in [0.3, 0.4) is 0 Å². The first-order valence-electron chi connectivity index (χ1n) is 14.1. The van der Waals surface area contributed by atoms with E-state index in [-0.39, 0.29) is 29.6 Å². The number of anilines is 1. The van der Waals surface area contributed by atoms with Gasteiger partial charge in [-0.05, 0) is 57.5 Å². The minimum Gasteiger partial charge on any atom is -0.490 e. The van der Waals surface area contributed by atoms with Crippen molar-refractivity contribution in [3.05, 3.63) is 59.4 Å². The summed E-state index contributed by atoms with van der Waals surface area (Å²) >= 11 is 1.10. The number of rotatable bonds is 15. The van der Waals surface area contributed by atoms with Crippen LogP contribution in [-0.2, 0) is 42.6 Å². The van der Waals surface area contributed by atoms with Crippen LogP contribution >= 0.6 is 11.3 Å². The molecule has 4 rings (SSSR count). The summed E-state index contributed by atoms with van der Waals surface area (Å²) in [5.74, 6) is -1.70. The standard InChI is InChI=1S/C29H36N6O8S2/c1-18(16-41-22-11-8-19(9-12-22)20-7-10-21(6-5-13-30)34(4)15-20)42-33-26(24-17-44-28(31)32-24)25(36)14-23-27(37)35(29(23,2)3)43-45(38,39)40/h7-12,15,17-18,23H,5-6,13-14,16,30H2,1-4H3,(H2-,31,32,38,39,40)/p+1/b33-26-/t18-,23+/m0/s1. The van der Waals surface area contributed by atoms with Gasteiger partial charge in [-0.2, -0.15) is 13.5 Å². The number of ketones is 1. The van der Waals surface area contributed by atoms with Crippen LogP contribution in [0.2, 0.25) is 0 Å². The number of hydroxylamine groups is 2. The fourth-order valence-electron chi connectivity index (χ4n) is 4.77. The number of Topliss-reactive ketones (excluding diaryl/α,β-unsaturated/α-hetero) is 1. The predicted molar refractivity (Wildman–Crippen MR) is 166 cm³/mol. The number of hydrogen-bond donors (Lipinski definition) is 3. The maximum Gasteiger partial charge on any atom is 0.418 e. The molecule has 0 spiro atoms. The third kappa shape index (κ3) is 8.40. The summed E-state index contributed by atoms with van der Waals surface area (Å²) in [6.45, 7) is 5.48. The van der Waals surface area contributed by atoms with Crippen molar-refractivity contribution in [3.8, 4) is 16.9 Å². The molecule has 1 saturated heterocycles. The van der Waals surface area contributed by atoms with Gasteiger partial charge in [0.2, 0.25) is 0 Å². The van der Waals surface area contributed by atoms with Gasteiger partial charge >= 0.3 is 10.4 Å². The second-order valence-corrected chi connectivity index (χ2v) is 13.0. The molecule has 0 unspecified atom stereocenters. The number of nitrogens with zero attached hydrogens (tertiary/aromatic N) is 4. The highest BCUT2D eigenvalue weighted by Gasteiger charge is 2.57. The number of oxime groups is 1. The number of hydrogen-bond acceptors (Lipinski definition) is 12. The Morgan fingerprint density at radius 1 is 1.22 bits per heavy atom. The fourth-order valence-corrected chi connectivity index (χ4v) is 5.77. The highest BCUT2D eigenvalue weighted by Crippen LogP contribution is 2.40. The molecular formula is C29H37N6O8S2+. The van der Waals surface area contributed by atoms with Crippen LogP contribution in [0.25, 0.3) is 11.1 Å². The van der Waals surface area contributed by atoms with E-state index < -0.39 is 39.7 Å². The van der Waals surface area contributed by atoms with Gasteiger partial charge in [-0.25, -0.2) is 9.55 Å². The van der Waals surface area contributed by atoms with E-state index in [0.717, 1.165) is 35.3 Å². The van der Waals surface area contributed by atoms with Crippen LogP contribution in [0.5, 0.6) is 5.75 Å². The number of carbonyl (C=O) groups excluding carboxylic acids is 2. The van der Waals surface area contributed by atoms with Crippen molar-refractivity contribution in [1.29, 1.82) is 0 Å². The van der Waals surface area contributed by atoms with Crippen LogP contribution in [0.1, 0.15) is 45.0 Å². The van der Waals surface area contributed by atoms with Gasteiger partial charge in [0.1, 0.15) is 25.1 Å². The molecule has 5 N–H and O–H groups in total. The monoisotopic (exact) mass is 661 g/mol. The Labute approximate surface area is 265 Å². The van der Waals surface area contributed by atoms with Gasteiger partial charge in [0.15, 0.2) is 34.6 Å². The number of aryl methyl sites for hydroxylation is 2. The SMILES string of the molecule is C[C@@H](COc1ccc(-c2ccc(CCCN)[n+](C)c2)cc1)O/N=C(\C(=O)C[C@@H]1C(=O)N(OS(=O)(=O)O)C1(C)C)c1csc(N)n1. The number of nitrogen functional groups attached to an aromatic ring is 1. The van der Waals surface area contributed by atoms with Gasteiger partial charge in [-0.15, -0.1) is 15.6 Å². The van der Waals surface area contributed by atoms with Gasteiger partial charge in [0, 0.05) is 29.9 Å². The average Bonchev–Trinajstić information content (AvgIpc) is 3.42. The summed E-state index contributed by atoms with van der Waals surface area (Å²) in [7, 11) is -2.91. The number of amides is 1. The van der Waals surface area contributed by atoms with E-state index in [0.29, 0.717) is 17.4 Å². The Hall–Kier alpha value is -3.96. The molecular weight excluding hydrogens is 624 g/mol. The maximum atomic E-state index is 13.3. The van der Waals surface area contributed by atoms with E-state index in [9.17, 15) is 18.0 Å². The average molecular weight is 662 g/mol. The molecule has 0 saturated carbocycles. The first-order chi connectivity index (χ1) is 21.2. The van der Waals surface area contributed by atoms with Gasteiger partial charge in [-0.1, -0.05) is 17.3 Å². The number of benzene rings is 1. The van der Waals surface area contributed by atoms with E-state index >= 15 is 0 Å². The molecule has 1 fully saturated rings. The number of nitrogens with two attached hydrogens (primary N) is 2. The van der Waals surface area contributed by atoms with Crippen LogP contribution < -0.4 is 20.8 Å². The second-order valence-electron chi connectivity index (χ2n) is 11.1. The predicted octanol–water partition coefficient (Wildman–Crippen LogP) is 2.23. The van der Waals surface area contributed by atoms with Crippen LogP contribution in [-0.4, -0.2) is 65.2 Å². The zero-order valence-electron chi connectivity index (χ0n) is 25.4. The van der Waals surface area contributed by atoms with Gasteiger partial charge in [0.05, 0.1) is 11.5 Å². The van der Waals surface area contributed by atoms with Crippen molar-refractivity contribution >= 4 is 44.3 Å². The minimum atomic E-state index is -4.92. The lowest BCUT2D eigenvalue weighted by Gasteiger charge is -2.50. The van der Waals surface area contributed by atoms with Gasteiger partial charge in [0.25, 0.3) is 5.91 Å². The highest BCUT2D eigenvalue weighted by molar-refractivity contribution is 7.80. The van der Waals surface area contributed by atoms with E-state index in [2.05, 4.69) is 37.3 Å². The summed E-state index contributed by atoms with van der Waals surface area (Å²) in [4.78, 5) is 35.6. The van der Waals surface area contributed by atoms with E-state index in [1.807, 2.05) is 31.3 Å². The molecule has 242 valence electrons. The van der Waals surface area contributed by atoms with Crippen molar-refractivity contribution in [2.75, 3.05) is 18.9 Å². The first kappa shape index (κ1) is 33.9. The molecule has 2 aromatic heterocycles. The summed E-state index contributed by atoms with van der Waals surface area (Å²) in [5.41, 5.74) is 13.5. The molecule has 0 aliphatic carbocycles. The molecule has 16 heteroatoms. The zero-order valence-corrected chi connectivity index (χ0v) is 27.0. The lowest BCUT2D eigenvalue weighted by Crippen LogP contribution is -2.68. The van der Waals surface area contributed by atoms with E-state index in [1.165, 1.54) is 24.9 Å². The molecule has 45 heavy (non-hydrogen) atoms. The lowest BCUT2D eigenvalue weighted by atomic mass is 9.74. The molecule has 0 bridgehead atoms. The molecule has 3 heterocycles. The molecule has 1 aromatic carbocycles. The third-order valence-electron chi connectivity index (χ3n) is 7.34. The molecule has 3 aromatic rings. The Bertz CT molecular complexity index is 1670. The number of thiazole rings is 1. The first-order valence-corrected chi connectivity index (χ1v) is 16.4. The highest BCUT2D eigenvalue weighted by atomic mass is 32.3. The number of ether oxygens (including phenoxy) is 1. The number of pyridine rings is 1. The summed E-state index contributed by atoms with van der Waals surface area (Å²) in [6, 6.07) is 11.8. The maximum absolute atomic E-state index is 13.3. The molecule has 0 radical (unpaired) electrons. The zero-order chi connectivity index (χ0) is 32.9. The van der Waals surface area contributed by atoms with E-state index in [4.69, 9.17) is 25.6 Å². The third-order valence-corrected chi connectivity index (χ3v) is 8.35.